The van der Waals surface area contributed by atoms with Gasteiger partial charge in [-0.25, -0.2) is 4.98 Å². The number of benzene rings is 1. The first-order valence-electron chi connectivity index (χ1n) is 11.8. The number of rotatable bonds is 7. The number of halogens is 1. The van der Waals surface area contributed by atoms with E-state index in [4.69, 9.17) is 21.1 Å². The standard InChI is InChI=1S/C27H31ClN3O3/c1-4-18-16-31(15-17-11-25(28)30-26(12-17)34-3)10-8-19(18)13-24(31)27(32)21-7-9-29-23-6-5-20(33-2)14-22(21)23/h4-7,9,11-12,14,18-19,24,27,32H,1,8,10,13,15-16H2,2-3H3/q+1/t18-,19+,24-,27+,31?/m0/s1. The minimum absolute atomic E-state index is 0.0460. The lowest BCUT2D eigenvalue weighted by Crippen LogP contribution is -2.67. The second kappa shape index (κ2) is 9.17. The van der Waals surface area contributed by atoms with Gasteiger partial charge in [0.15, 0.2) is 0 Å². The minimum atomic E-state index is -0.634. The zero-order chi connectivity index (χ0) is 23.9. The van der Waals surface area contributed by atoms with Crippen LogP contribution in [-0.2, 0) is 6.54 Å². The molecule has 0 spiro atoms. The lowest BCUT2D eigenvalue weighted by molar-refractivity contribution is -0.984. The number of nitrogens with zero attached hydrogens (tertiary/aromatic N) is 3. The molecule has 3 aliphatic rings. The first-order valence-corrected chi connectivity index (χ1v) is 12.1. The monoisotopic (exact) mass is 480 g/mol. The van der Waals surface area contributed by atoms with Crippen LogP contribution in [0, 0.1) is 11.8 Å². The number of methoxy groups -OCH3 is 2. The van der Waals surface area contributed by atoms with Gasteiger partial charge in [0.1, 0.15) is 29.6 Å². The Morgan fingerprint density at radius 2 is 2.09 bits per heavy atom. The van der Waals surface area contributed by atoms with Crippen LogP contribution in [0.4, 0.5) is 0 Å². The molecular formula is C27H31ClN3O3+. The summed E-state index contributed by atoms with van der Waals surface area (Å²) in [6.07, 6.45) is 5.33. The van der Waals surface area contributed by atoms with Crippen LogP contribution >= 0.6 is 11.6 Å². The van der Waals surface area contributed by atoms with E-state index in [-0.39, 0.29) is 6.04 Å². The predicted octanol–water partition coefficient (Wildman–Crippen LogP) is 4.95. The third-order valence-electron chi connectivity index (χ3n) is 7.88. The second-order valence-corrected chi connectivity index (χ2v) is 9.99. The van der Waals surface area contributed by atoms with Crippen LogP contribution in [-0.4, -0.2) is 52.9 Å². The Morgan fingerprint density at radius 1 is 1.24 bits per heavy atom. The molecule has 3 fully saturated rings. The summed E-state index contributed by atoms with van der Waals surface area (Å²) in [5.41, 5.74) is 2.83. The maximum Gasteiger partial charge on any atom is 0.214 e. The Morgan fingerprint density at radius 3 is 2.85 bits per heavy atom. The summed E-state index contributed by atoms with van der Waals surface area (Å²) in [6.45, 7) is 6.83. The van der Waals surface area contributed by atoms with E-state index < -0.39 is 6.10 Å². The zero-order valence-corrected chi connectivity index (χ0v) is 20.4. The number of hydrogen-bond acceptors (Lipinski definition) is 5. The van der Waals surface area contributed by atoms with Gasteiger partial charge >= 0.3 is 0 Å². The number of quaternary nitrogens is 1. The van der Waals surface area contributed by atoms with Crippen molar-refractivity contribution in [2.24, 2.45) is 11.8 Å². The van der Waals surface area contributed by atoms with Crippen LogP contribution in [0.1, 0.15) is 30.1 Å². The second-order valence-electron chi connectivity index (χ2n) is 9.60. The maximum absolute atomic E-state index is 11.9. The summed E-state index contributed by atoms with van der Waals surface area (Å²) in [7, 11) is 3.26. The molecule has 2 bridgehead atoms. The van der Waals surface area contributed by atoms with Crippen molar-refractivity contribution in [3.63, 3.8) is 0 Å². The lowest BCUT2D eigenvalue weighted by atomic mass is 9.71. The van der Waals surface area contributed by atoms with E-state index in [1.54, 1.807) is 20.4 Å². The molecule has 1 unspecified atom stereocenters. The van der Waals surface area contributed by atoms with Crippen molar-refractivity contribution < 1.29 is 19.1 Å². The van der Waals surface area contributed by atoms with Gasteiger partial charge in [-0.1, -0.05) is 17.7 Å². The van der Waals surface area contributed by atoms with Gasteiger partial charge in [-0.3, -0.25) is 4.98 Å². The molecule has 6 rings (SSSR count). The first kappa shape index (κ1) is 23.1. The van der Waals surface area contributed by atoms with Gasteiger partial charge in [0.25, 0.3) is 0 Å². The third kappa shape index (κ3) is 4.04. The Hall–Kier alpha value is -2.67. The molecule has 0 amide bonds. The summed E-state index contributed by atoms with van der Waals surface area (Å²) in [6, 6.07) is 11.7. The van der Waals surface area contributed by atoms with Crippen molar-refractivity contribution in [2.45, 2.75) is 31.5 Å². The van der Waals surface area contributed by atoms with E-state index >= 15 is 0 Å². The summed E-state index contributed by atoms with van der Waals surface area (Å²) in [4.78, 5) is 8.75. The molecule has 3 aliphatic heterocycles. The van der Waals surface area contributed by atoms with Crippen LogP contribution in [0.5, 0.6) is 11.6 Å². The smallest absolute Gasteiger partial charge is 0.214 e. The molecule has 6 nitrogen and oxygen atoms in total. The Balaban J connectivity index is 1.57. The molecule has 178 valence electrons. The molecule has 5 atom stereocenters. The number of fused-ring (bicyclic) bond motifs is 4. The number of hydrogen-bond donors (Lipinski definition) is 1. The molecule has 0 radical (unpaired) electrons. The number of ether oxygens (including phenoxy) is 2. The minimum Gasteiger partial charge on any atom is -0.497 e. The lowest BCUT2D eigenvalue weighted by Gasteiger charge is -2.58. The van der Waals surface area contributed by atoms with Gasteiger partial charge < -0.3 is 19.1 Å². The van der Waals surface area contributed by atoms with Crippen molar-refractivity contribution in [2.75, 3.05) is 27.3 Å². The maximum atomic E-state index is 11.9. The number of piperidine rings is 3. The van der Waals surface area contributed by atoms with E-state index in [0.29, 0.717) is 22.9 Å². The van der Waals surface area contributed by atoms with E-state index in [1.165, 1.54) is 0 Å². The van der Waals surface area contributed by atoms with E-state index in [9.17, 15) is 5.11 Å². The quantitative estimate of drug-likeness (QED) is 0.294. The number of aromatic nitrogens is 2. The molecule has 0 aliphatic carbocycles. The molecule has 3 aromatic rings. The van der Waals surface area contributed by atoms with Gasteiger partial charge in [0.2, 0.25) is 5.88 Å². The molecule has 1 N–H and O–H groups in total. The Kier molecular flexibility index (Phi) is 6.23. The summed E-state index contributed by atoms with van der Waals surface area (Å²) in [5, 5.41) is 13.3. The highest BCUT2D eigenvalue weighted by Gasteiger charge is 2.54. The highest BCUT2D eigenvalue weighted by atomic mass is 35.5. The van der Waals surface area contributed by atoms with Crippen molar-refractivity contribution in [3.05, 3.63) is 71.5 Å². The SMILES string of the molecule is C=C[C@H]1C[N+]2(Cc3cc(Cl)nc(OC)c3)CC[C@@H]1C[C@H]2[C@H](O)c1ccnc2ccc(OC)cc12. The molecular weight excluding hydrogens is 450 g/mol. The van der Waals surface area contributed by atoms with Gasteiger partial charge in [0.05, 0.1) is 32.8 Å². The summed E-state index contributed by atoms with van der Waals surface area (Å²) in [5.74, 6) is 2.24. The van der Waals surface area contributed by atoms with Crippen LogP contribution in [0.15, 0.2) is 55.3 Å². The largest absolute Gasteiger partial charge is 0.497 e. The predicted molar refractivity (Wildman–Crippen MR) is 133 cm³/mol. The van der Waals surface area contributed by atoms with Crippen molar-refractivity contribution in [1.82, 2.24) is 9.97 Å². The fourth-order valence-corrected chi connectivity index (χ4v) is 6.43. The van der Waals surface area contributed by atoms with Crippen molar-refractivity contribution in [1.29, 1.82) is 0 Å². The van der Waals surface area contributed by atoms with Crippen LogP contribution in [0.3, 0.4) is 0 Å². The zero-order valence-electron chi connectivity index (χ0n) is 19.7. The van der Waals surface area contributed by atoms with Crippen LogP contribution < -0.4 is 9.47 Å². The summed E-state index contributed by atoms with van der Waals surface area (Å²) >= 11 is 6.31. The number of aliphatic hydroxyl groups is 1. The molecule has 0 saturated carbocycles. The number of aliphatic hydroxyl groups excluding tert-OH is 1. The molecule has 1 aromatic carbocycles. The first-order chi connectivity index (χ1) is 16.5. The van der Waals surface area contributed by atoms with Gasteiger partial charge in [-0.15, -0.1) is 6.58 Å². The molecule has 2 aromatic heterocycles. The molecule has 7 heteroatoms. The molecule has 3 saturated heterocycles. The van der Waals surface area contributed by atoms with Crippen LogP contribution in [0.25, 0.3) is 10.9 Å². The fraction of sp³-hybridized carbons (Fsp3) is 0.407. The Bertz CT molecular complexity index is 1220. The van der Waals surface area contributed by atoms with E-state index in [0.717, 1.165) is 64.7 Å². The van der Waals surface area contributed by atoms with Crippen molar-refractivity contribution >= 4 is 22.5 Å². The van der Waals surface area contributed by atoms with Gasteiger partial charge in [-0.2, -0.15) is 0 Å². The fourth-order valence-electron chi connectivity index (χ4n) is 6.20. The average molecular weight is 481 g/mol. The van der Waals surface area contributed by atoms with Crippen LogP contribution in [0.2, 0.25) is 5.15 Å². The topological polar surface area (TPSA) is 64.5 Å². The van der Waals surface area contributed by atoms with Gasteiger partial charge in [0, 0.05) is 42.0 Å². The van der Waals surface area contributed by atoms with E-state index in [2.05, 4.69) is 22.6 Å². The molecule has 34 heavy (non-hydrogen) atoms. The molecule has 5 heterocycles. The average Bonchev–Trinajstić information content (AvgIpc) is 2.87. The highest BCUT2D eigenvalue weighted by Crippen LogP contribution is 2.48. The van der Waals surface area contributed by atoms with Crippen molar-refractivity contribution in [3.8, 4) is 11.6 Å². The highest BCUT2D eigenvalue weighted by molar-refractivity contribution is 6.29. The number of pyridine rings is 2. The van der Waals surface area contributed by atoms with E-state index in [1.807, 2.05) is 36.4 Å². The van der Waals surface area contributed by atoms with Gasteiger partial charge in [-0.05, 0) is 41.8 Å². The summed E-state index contributed by atoms with van der Waals surface area (Å²) < 4.78 is 11.6. The third-order valence-corrected chi connectivity index (χ3v) is 8.07. The normalized spacial score (nSPS) is 26.9. The Labute approximate surface area is 205 Å².